The zero-order valence-electron chi connectivity index (χ0n) is 10.9. The second-order valence-corrected chi connectivity index (χ2v) is 5.19. The number of nitrogens with zero attached hydrogens (tertiary/aromatic N) is 1. The minimum atomic E-state index is -0.448. The van der Waals surface area contributed by atoms with Crippen LogP contribution in [0.25, 0.3) is 0 Å². The molecule has 20 heavy (non-hydrogen) atoms. The van der Waals surface area contributed by atoms with E-state index in [1.165, 1.54) is 6.07 Å². The number of rotatable bonds is 2. The molecule has 1 aromatic carbocycles. The summed E-state index contributed by atoms with van der Waals surface area (Å²) in [4.78, 5) is 14.0. The van der Waals surface area contributed by atoms with Gasteiger partial charge in [-0.05, 0) is 36.1 Å². The van der Waals surface area contributed by atoms with Gasteiger partial charge in [0.1, 0.15) is 11.6 Å². The Kier molecular flexibility index (Phi) is 4.60. The summed E-state index contributed by atoms with van der Waals surface area (Å²) in [5.41, 5.74) is 0.341. The van der Waals surface area contributed by atoms with Crippen LogP contribution in [-0.4, -0.2) is 37.0 Å². The molecule has 0 aromatic heterocycles. The summed E-state index contributed by atoms with van der Waals surface area (Å²) in [5, 5.41) is 3.18. The van der Waals surface area contributed by atoms with Crippen molar-refractivity contribution in [1.82, 2.24) is 10.2 Å². The Labute approximate surface area is 122 Å². The van der Waals surface area contributed by atoms with E-state index >= 15 is 0 Å². The van der Waals surface area contributed by atoms with Gasteiger partial charge in [0.25, 0.3) is 0 Å². The van der Waals surface area contributed by atoms with Crippen molar-refractivity contribution in [3.8, 4) is 0 Å². The predicted octanol–water partition coefficient (Wildman–Crippen LogP) is 1.92. The second-order valence-electron chi connectivity index (χ2n) is 5.19. The Bertz CT molecular complexity index is 506. The third-order valence-corrected chi connectivity index (χ3v) is 3.89. The SMILES string of the molecule is Cl.O=C(C1CC1c1cc(F)ccc1F)N1CCNCC1. The Balaban J connectivity index is 0.00000147. The first-order valence-corrected chi connectivity index (χ1v) is 6.61. The summed E-state index contributed by atoms with van der Waals surface area (Å²) in [5.74, 6) is -1.11. The fraction of sp³-hybridized carbons (Fsp3) is 0.500. The molecule has 1 aliphatic heterocycles. The largest absolute Gasteiger partial charge is 0.340 e. The average molecular weight is 303 g/mol. The van der Waals surface area contributed by atoms with E-state index in [2.05, 4.69) is 5.32 Å². The van der Waals surface area contributed by atoms with Crippen LogP contribution >= 0.6 is 12.4 Å². The molecule has 1 aromatic rings. The molecule has 2 aliphatic rings. The first-order valence-electron chi connectivity index (χ1n) is 6.61. The number of hydrogen-bond acceptors (Lipinski definition) is 2. The number of halogens is 3. The van der Waals surface area contributed by atoms with Gasteiger partial charge in [-0.3, -0.25) is 4.79 Å². The van der Waals surface area contributed by atoms with Crippen LogP contribution in [0.2, 0.25) is 0 Å². The van der Waals surface area contributed by atoms with Crippen molar-refractivity contribution in [2.75, 3.05) is 26.2 Å². The van der Waals surface area contributed by atoms with Crippen LogP contribution in [0, 0.1) is 17.6 Å². The zero-order valence-corrected chi connectivity index (χ0v) is 11.8. The van der Waals surface area contributed by atoms with E-state index in [1.807, 2.05) is 4.90 Å². The van der Waals surface area contributed by atoms with Gasteiger partial charge in [0.15, 0.2) is 0 Å². The predicted molar refractivity (Wildman–Crippen MR) is 73.9 cm³/mol. The van der Waals surface area contributed by atoms with Gasteiger partial charge >= 0.3 is 0 Å². The monoisotopic (exact) mass is 302 g/mol. The van der Waals surface area contributed by atoms with E-state index in [-0.39, 0.29) is 30.2 Å². The van der Waals surface area contributed by atoms with Gasteiger partial charge in [-0.2, -0.15) is 0 Å². The van der Waals surface area contributed by atoms with Gasteiger partial charge in [0.05, 0.1) is 0 Å². The Morgan fingerprint density at radius 3 is 2.65 bits per heavy atom. The van der Waals surface area contributed by atoms with E-state index in [9.17, 15) is 13.6 Å². The molecular formula is C14H17ClF2N2O. The van der Waals surface area contributed by atoms with Gasteiger partial charge < -0.3 is 10.2 Å². The molecule has 1 amide bonds. The molecule has 0 bridgehead atoms. The van der Waals surface area contributed by atoms with E-state index in [4.69, 9.17) is 0 Å². The molecule has 3 nitrogen and oxygen atoms in total. The van der Waals surface area contributed by atoms with E-state index in [0.29, 0.717) is 25.1 Å². The van der Waals surface area contributed by atoms with Gasteiger partial charge in [0.2, 0.25) is 5.91 Å². The van der Waals surface area contributed by atoms with E-state index in [0.717, 1.165) is 25.2 Å². The summed E-state index contributed by atoms with van der Waals surface area (Å²) >= 11 is 0. The van der Waals surface area contributed by atoms with Crippen LogP contribution in [0.1, 0.15) is 17.9 Å². The minimum absolute atomic E-state index is 0. The fourth-order valence-corrected chi connectivity index (χ4v) is 2.73. The van der Waals surface area contributed by atoms with Crippen molar-refractivity contribution in [1.29, 1.82) is 0 Å². The molecule has 1 N–H and O–H groups in total. The van der Waals surface area contributed by atoms with Crippen molar-refractivity contribution < 1.29 is 13.6 Å². The lowest BCUT2D eigenvalue weighted by Gasteiger charge is -2.27. The van der Waals surface area contributed by atoms with Crippen LogP contribution in [0.5, 0.6) is 0 Å². The molecule has 6 heteroatoms. The van der Waals surface area contributed by atoms with Crippen LogP contribution in [0.3, 0.4) is 0 Å². The van der Waals surface area contributed by atoms with Gasteiger partial charge in [0, 0.05) is 32.1 Å². The van der Waals surface area contributed by atoms with Crippen molar-refractivity contribution in [3.05, 3.63) is 35.4 Å². The number of benzene rings is 1. The first kappa shape index (κ1) is 15.2. The lowest BCUT2D eigenvalue weighted by Crippen LogP contribution is -2.47. The number of hydrogen-bond donors (Lipinski definition) is 1. The normalized spacial score (nSPS) is 25.0. The van der Waals surface area contributed by atoms with Crippen LogP contribution in [-0.2, 0) is 4.79 Å². The summed E-state index contributed by atoms with van der Waals surface area (Å²) in [6, 6.07) is 3.45. The molecule has 1 saturated heterocycles. The lowest BCUT2D eigenvalue weighted by atomic mass is 10.1. The summed E-state index contributed by atoms with van der Waals surface area (Å²) in [7, 11) is 0. The molecular weight excluding hydrogens is 286 g/mol. The van der Waals surface area contributed by atoms with Crippen molar-refractivity contribution in [3.63, 3.8) is 0 Å². The molecule has 3 rings (SSSR count). The number of amides is 1. The van der Waals surface area contributed by atoms with Crippen molar-refractivity contribution in [2.45, 2.75) is 12.3 Å². The Morgan fingerprint density at radius 1 is 1.25 bits per heavy atom. The van der Waals surface area contributed by atoms with Crippen molar-refractivity contribution in [2.24, 2.45) is 5.92 Å². The third-order valence-electron chi connectivity index (χ3n) is 3.89. The molecule has 2 fully saturated rings. The van der Waals surface area contributed by atoms with Gasteiger partial charge in [-0.25, -0.2) is 8.78 Å². The van der Waals surface area contributed by atoms with Crippen LogP contribution < -0.4 is 5.32 Å². The first-order chi connectivity index (χ1) is 9.16. The summed E-state index contributed by atoms with van der Waals surface area (Å²) in [6.07, 6.45) is 0.628. The molecule has 1 heterocycles. The third kappa shape index (κ3) is 2.94. The van der Waals surface area contributed by atoms with Crippen molar-refractivity contribution >= 4 is 18.3 Å². The number of piperazine rings is 1. The molecule has 2 atom stereocenters. The smallest absolute Gasteiger partial charge is 0.226 e. The second kappa shape index (κ2) is 6.06. The van der Waals surface area contributed by atoms with Gasteiger partial charge in [-0.15, -0.1) is 12.4 Å². The summed E-state index contributed by atoms with van der Waals surface area (Å²) < 4.78 is 26.8. The quantitative estimate of drug-likeness (QED) is 0.905. The average Bonchev–Trinajstić information content (AvgIpc) is 3.22. The molecule has 0 radical (unpaired) electrons. The molecule has 1 aliphatic carbocycles. The Morgan fingerprint density at radius 2 is 1.95 bits per heavy atom. The zero-order chi connectivity index (χ0) is 13.4. The highest BCUT2D eigenvalue weighted by Crippen LogP contribution is 2.49. The maximum absolute atomic E-state index is 13.6. The van der Waals surface area contributed by atoms with E-state index < -0.39 is 11.6 Å². The fourth-order valence-electron chi connectivity index (χ4n) is 2.73. The number of carbonyl (C=O) groups excluding carboxylic acids is 1. The maximum atomic E-state index is 13.6. The lowest BCUT2D eigenvalue weighted by molar-refractivity contribution is -0.133. The molecule has 1 saturated carbocycles. The summed E-state index contributed by atoms with van der Waals surface area (Å²) in [6.45, 7) is 3.01. The van der Waals surface area contributed by atoms with Crippen LogP contribution in [0.4, 0.5) is 8.78 Å². The molecule has 110 valence electrons. The topological polar surface area (TPSA) is 32.3 Å². The highest BCUT2D eigenvalue weighted by Gasteiger charge is 2.47. The Hall–Kier alpha value is -1.20. The maximum Gasteiger partial charge on any atom is 0.226 e. The number of nitrogens with one attached hydrogen (secondary N) is 1. The molecule has 2 unspecified atom stereocenters. The highest BCUT2D eigenvalue weighted by molar-refractivity contribution is 5.85. The molecule has 0 spiro atoms. The van der Waals surface area contributed by atoms with E-state index in [1.54, 1.807) is 0 Å². The highest BCUT2D eigenvalue weighted by atomic mass is 35.5. The van der Waals surface area contributed by atoms with Crippen LogP contribution in [0.15, 0.2) is 18.2 Å². The minimum Gasteiger partial charge on any atom is -0.340 e. The number of carbonyl (C=O) groups is 1. The van der Waals surface area contributed by atoms with Gasteiger partial charge in [-0.1, -0.05) is 0 Å². The standard InChI is InChI=1S/C14H16F2N2O.ClH/c15-9-1-2-13(16)11(7-9)10-8-12(10)14(19)18-5-3-17-4-6-18;/h1-2,7,10,12,17H,3-6,8H2;1H.